The molecule has 0 bridgehead atoms. The van der Waals surface area contributed by atoms with Gasteiger partial charge in [-0.1, -0.05) is 18.2 Å². The molecule has 132 valence electrons. The van der Waals surface area contributed by atoms with Gasteiger partial charge in [-0.05, 0) is 62.2 Å². The fourth-order valence-corrected chi connectivity index (χ4v) is 3.40. The van der Waals surface area contributed by atoms with Gasteiger partial charge in [0.05, 0.1) is 0 Å². The number of nitrogens with two attached hydrogens (primary N) is 1. The van der Waals surface area contributed by atoms with E-state index in [0.717, 1.165) is 49.4 Å². The largest absolute Gasteiger partial charge is 0.370 e. The topological polar surface area (TPSA) is 59.2 Å². The Labute approximate surface area is 147 Å². The Hall–Kier alpha value is -2.27. The number of piperidine rings is 1. The number of halogens is 1. The van der Waals surface area contributed by atoms with Crippen molar-refractivity contribution in [2.75, 3.05) is 13.1 Å². The Balaban J connectivity index is 1.55. The highest BCUT2D eigenvalue weighted by atomic mass is 19.1. The standard InChI is InChI=1S/C20H24FN3O/c21-17-4-1-3-15(13-17)14-24-11-9-16(10-12-24)19-6-2-5-18(23-19)7-8-20(22)25/h1-6,13,16H,7-12,14H2,(H2,22,25). The van der Waals surface area contributed by atoms with Crippen LogP contribution in [0.25, 0.3) is 0 Å². The van der Waals surface area contributed by atoms with Crippen molar-refractivity contribution in [3.63, 3.8) is 0 Å². The number of nitrogens with zero attached hydrogens (tertiary/aromatic N) is 2. The molecule has 1 amide bonds. The molecule has 25 heavy (non-hydrogen) atoms. The van der Waals surface area contributed by atoms with Gasteiger partial charge in [0.15, 0.2) is 0 Å². The van der Waals surface area contributed by atoms with Gasteiger partial charge < -0.3 is 5.73 Å². The lowest BCUT2D eigenvalue weighted by Gasteiger charge is -2.31. The van der Waals surface area contributed by atoms with Crippen LogP contribution in [0.3, 0.4) is 0 Å². The number of pyridine rings is 1. The van der Waals surface area contributed by atoms with Crippen molar-refractivity contribution in [1.29, 1.82) is 0 Å². The van der Waals surface area contributed by atoms with Gasteiger partial charge in [0.1, 0.15) is 5.82 Å². The molecule has 1 aliphatic heterocycles. The van der Waals surface area contributed by atoms with Gasteiger partial charge in [-0.25, -0.2) is 4.39 Å². The Morgan fingerprint density at radius 2 is 1.96 bits per heavy atom. The van der Waals surface area contributed by atoms with Gasteiger partial charge in [0.2, 0.25) is 5.91 Å². The molecule has 0 atom stereocenters. The Bertz CT molecular complexity index is 726. The first-order valence-corrected chi connectivity index (χ1v) is 8.81. The van der Waals surface area contributed by atoms with Crippen LogP contribution in [-0.4, -0.2) is 28.9 Å². The molecule has 1 aromatic heterocycles. The first-order chi connectivity index (χ1) is 12.1. The Morgan fingerprint density at radius 1 is 1.20 bits per heavy atom. The van der Waals surface area contributed by atoms with Crippen molar-refractivity contribution in [2.24, 2.45) is 5.73 Å². The quantitative estimate of drug-likeness (QED) is 0.879. The zero-order valence-electron chi connectivity index (χ0n) is 14.3. The molecular weight excluding hydrogens is 317 g/mol. The summed E-state index contributed by atoms with van der Waals surface area (Å²) in [6.07, 6.45) is 3.02. The zero-order valence-corrected chi connectivity index (χ0v) is 14.3. The van der Waals surface area contributed by atoms with Crippen LogP contribution >= 0.6 is 0 Å². The lowest BCUT2D eigenvalue weighted by atomic mass is 9.92. The fourth-order valence-electron chi connectivity index (χ4n) is 3.40. The van der Waals surface area contributed by atoms with Crippen molar-refractivity contribution in [3.05, 3.63) is 65.2 Å². The maximum absolute atomic E-state index is 13.3. The minimum atomic E-state index is -0.294. The van der Waals surface area contributed by atoms with E-state index in [2.05, 4.69) is 11.0 Å². The third kappa shape index (κ3) is 5.10. The average molecular weight is 341 g/mol. The third-order valence-electron chi connectivity index (χ3n) is 4.76. The summed E-state index contributed by atoms with van der Waals surface area (Å²) in [5.41, 5.74) is 8.27. The summed E-state index contributed by atoms with van der Waals surface area (Å²) >= 11 is 0. The first kappa shape index (κ1) is 17.5. The number of primary amides is 1. The predicted octanol–water partition coefficient (Wildman–Crippen LogP) is 3.02. The van der Waals surface area contributed by atoms with E-state index in [4.69, 9.17) is 10.7 Å². The lowest BCUT2D eigenvalue weighted by molar-refractivity contribution is -0.118. The molecule has 2 N–H and O–H groups in total. The zero-order chi connectivity index (χ0) is 17.6. The highest BCUT2D eigenvalue weighted by Gasteiger charge is 2.21. The Morgan fingerprint density at radius 3 is 2.68 bits per heavy atom. The van der Waals surface area contributed by atoms with E-state index in [9.17, 15) is 9.18 Å². The SMILES string of the molecule is NC(=O)CCc1cccc(C2CCN(Cc3cccc(F)c3)CC2)n1. The van der Waals surface area contributed by atoms with Crippen LogP contribution < -0.4 is 5.73 Å². The number of likely N-dealkylation sites (tertiary alicyclic amines) is 1. The monoisotopic (exact) mass is 341 g/mol. The molecule has 5 heteroatoms. The number of benzene rings is 1. The molecule has 1 fully saturated rings. The summed E-state index contributed by atoms with van der Waals surface area (Å²) in [6, 6.07) is 12.9. The maximum Gasteiger partial charge on any atom is 0.217 e. The van der Waals surface area contributed by atoms with Crippen LogP contribution in [0.5, 0.6) is 0 Å². The van der Waals surface area contributed by atoms with E-state index in [0.29, 0.717) is 18.8 Å². The van der Waals surface area contributed by atoms with E-state index >= 15 is 0 Å². The molecule has 1 aliphatic rings. The molecule has 2 aromatic rings. The molecule has 3 rings (SSSR count). The minimum absolute atomic E-state index is 0.177. The van der Waals surface area contributed by atoms with Gasteiger partial charge in [-0.3, -0.25) is 14.7 Å². The van der Waals surface area contributed by atoms with E-state index in [1.165, 1.54) is 6.07 Å². The normalized spacial score (nSPS) is 16.0. The minimum Gasteiger partial charge on any atom is -0.370 e. The van der Waals surface area contributed by atoms with Gasteiger partial charge in [-0.15, -0.1) is 0 Å². The van der Waals surface area contributed by atoms with Crippen molar-refractivity contribution in [3.8, 4) is 0 Å². The van der Waals surface area contributed by atoms with E-state index in [-0.39, 0.29) is 11.7 Å². The molecule has 0 aliphatic carbocycles. The molecule has 4 nitrogen and oxygen atoms in total. The first-order valence-electron chi connectivity index (χ1n) is 8.81. The lowest BCUT2D eigenvalue weighted by Crippen LogP contribution is -2.32. The molecule has 0 unspecified atom stereocenters. The van der Waals surface area contributed by atoms with Crippen LogP contribution in [-0.2, 0) is 17.8 Å². The summed E-state index contributed by atoms with van der Waals surface area (Å²) in [4.78, 5) is 18.0. The van der Waals surface area contributed by atoms with E-state index in [1.54, 1.807) is 12.1 Å². The molecular formula is C20H24FN3O. The van der Waals surface area contributed by atoms with Gasteiger partial charge in [0.25, 0.3) is 0 Å². The molecule has 0 saturated carbocycles. The molecule has 1 aromatic carbocycles. The number of amides is 1. The maximum atomic E-state index is 13.3. The molecule has 1 saturated heterocycles. The highest BCUT2D eigenvalue weighted by Crippen LogP contribution is 2.27. The third-order valence-corrected chi connectivity index (χ3v) is 4.76. The van der Waals surface area contributed by atoms with Crippen molar-refractivity contribution < 1.29 is 9.18 Å². The number of carbonyl (C=O) groups excluding carboxylic acids is 1. The molecule has 0 spiro atoms. The number of carbonyl (C=O) groups is 1. The van der Waals surface area contributed by atoms with Crippen molar-refractivity contribution >= 4 is 5.91 Å². The second-order valence-electron chi connectivity index (χ2n) is 6.70. The summed E-state index contributed by atoms with van der Waals surface area (Å²) in [5.74, 6) is -0.0282. The van der Waals surface area contributed by atoms with Crippen LogP contribution in [0, 0.1) is 5.82 Å². The second kappa shape index (κ2) is 8.21. The van der Waals surface area contributed by atoms with Crippen molar-refractivity contribution in [2.45, 2.75) is 38.1 Å². The second-order valence-corrected chi connectivity index (χ2v) is 6.70. The van der Waals surface area contributed by atoms with Crippen LogP contribution in [0.15, 0.2) is 42.5 Å². The van der Waals surface area contributed by atoms with E-state index < -0.39 is 0 Å². The van der Waals surface area contributed by atoms with Crippen LogP contribution in [0.1, 0.15) is 42.1 Å². The van der Waals surface area contributed by atoms with Crippen molar-refractivity contribution in [1.82, 2.24) is 9.88 Å². The highest BCUT2D eigenvalue weighted by molar-refractivity contribution is 5.73. The van der Waals surface area contributed by atoms with Gasteiger partial charge >= 0.3 is 0 Å². The van der Waals surface area contributed by atoms with Crippen LogP contribution in [0.2, 0.25) is 0 Å². The van der Waals surface area contributed by atoms with Gasteiger partial charge in [-0.2, -0.15) is 0 Å². The average Bonchev–Trinajstić information content (AvgIpc) is 2.61. The Kier molecular flexibility index (Phi) is 5.76. The fraction of sp³-hybridized carbons (Fsp3) is 0.400. The number of aryl methyl sites for hydroxylation is 1. The number of hydrogen-bond acceptors (Lipinski definition) is 3. The molecule has 2 heterocycles. The summed E-state index contributed by atoms with van der Waals surface area (Å²) in [7, 11) is 0. The van der Waals surface area contributed by atoms with E-state index in [1.807, 2.05) is 18.2 Å². The summed E-state index contributed by atoms with van der Waals surface area (Å²) in [6.45, 7) is 2.75. The van der Waals surface area contributed by atoms with Crippen LogP contribution in [0.4, 0.5) is 4.39 Å². The smallest absolute Gasteiger partial charge is 0.217 e. The predicted molar refractivity (Wildman–Crippen MR) is 95.4 cm³/mol. The summed E-state index contributed by atoms with van der Waals surface area (Å²) < 4.78 is 13.3. The van der Waals surface area contributed by atoms with Gasteiger partial charge in [0, 0.05) is 30.3 Å². The number of rotatable bonds is 6. The number of hydrogen-bond donors (Lipinski definition) is 1. The summed E-state index contributed by atoms with van der Waals surface area (Å²) in [5, 5.41) is 0. The molecule has 0 radical (unpaired) electrons. The number of aromatic nitrogens is 1.